The molecule has 0 fully saturated rings. The lowest BCUT2D eigenvalue weighted by atomic mass is 10.2. The highest BCUT2D eigenvalue weighted by atomic mass is 79.9. The molecule has 0 aliphatic rings. The van der Waals surface area contributed by atoms with Gasteiger partial charge < -0.3 is 5.32 Å². The van der Waals surface area contributed by atoms with Crippen LogP contribution in [0.3, 0.4) is 0 Å². The lowest BCUT2D eigenvalue weighted by Gasteiger charge is -2.04. The van der Waals surface area contributed by atoms with Crippen molar-refractivity contribution in [3.63, 3.8) is 0 Å². The monoisotopic (exact) mass is 391 g/mol. The lowest BCUT2D eigenvalue weighted by molar-refractivity contribution is 0.0951. The Bertz CT molecular complexity index is 585. The summed E-state index contributed by atoms with van der Waals surface area (Å²) in [6.45, 7) is 0.437. The summed E-state index contributed by atoms with van der Waals surface area (Å²) in [7, 11) is 0. The second-order valence-corrected chi connectivity index (χ2v) is 6.92. The van der Waals surface area contributed by atoms with Gasteiger partial charge in [-0.3, -0.25) is 4.79 Å². The van der Waals surface area contributed by atoms with Crippen LogP contribution in [-0.2, 0) is 6.54 Å². The van der Waals surface area contributed by atoms with Gasteiger partial charge in [-0.05, 0) is 62.2 Å². The Morgan fingerprint density at radius 2 is 2.06 bits per heavy atom. The van der Waals surface area contributed by atoms with Gasteiger partial charge in [0.05, 0.1) is 14.8 Å². The van der Waals surface area contributed by atoms with Crippen molar-refractivity contribution >= 4 is 49.1 Å². The van der Waals surface area contributed by atoms with Crippen LogP contribution in [0, 0.1) is 5.82 Å². The van der Waals surface area contributed by atoms with E-state index in [1.165, 1.54) is 12.1 Å². The average molecular weight is 393 g/mol. The number of benzene rings is 1. The minimum absolute atomic E-state index is 0.286. The van der Waals surface area contributed by atoms with Gasteiger partial charge in [-0.15, -0.1) is 11.3 Å². The van der Waals surface area contributed by atoms with Crippen LogP contribution >= 0.6 is 43.2 Å². The zero-order valence-corrected chi connectivity index (χ0v) is 13.0. The van der Waals surface area contributed by atoms with Crippen molar-refractivity contribution in [3.8, 4) is 0 Å². The molecule has 0 unspecified atom stereocenters. The molecule has 6 heteroatoms. The molecule has 18 heavy (non-hydrogen) atoms. The SMILES string of the molecule is O=C(NCc1ccc(Br)s1)c1ccc(Br)c(F)c1. The summed E-state index contributed by atoms with van der Waals surface area (Å²) in [5, 5.41) is 2.74. The molecular formula is C12H8Br2FNOS. The van der Waals surface area contributed by atoms with E-state index in [1.807, 2.05) is 12.1 Å². The molecule has 2 rings (SSSR count). The average Bonchev–Trinajstić information content (AvgIpc) is 2.75. The van der Waals surface area contributed by atoms with E-state index in [1.54, 1.807) is 17.4 Å². The molecule has 1 N–H and O–H groups in total. The third kappa shape index (κ3) is 3.40. The van der Waals surface area contributed by atoms with Crippen molar-refractivity contribution in [1.29, 1.82) is 0 Å². The van der Waals surface area contributed by atoms with Gasteiger partial charge in [0.15, 0.2) is 0 Å². The quantitative estimate of drug-likeness (QED) is 0.826. The van der Waals surface area contributed by atoms with Crippen molar-refractivity contribution in [2.75, 3.05) is 0 Å². The Kier molecular flexibility index (Phi) is 4.53. The number of carbonyl (C=O) groups excluding carboxylic acids is 1. The van der Waals surface area contributed by atoms with Crippen LogP contribution in [0.15, 0.2) is 38.6 Å². The first-order valence-corrected chi connectivity index (χ1v) is 7.44. The molecule has 1 aromatic carbocycles. The summed E-state index contributed by atoms with van der Waals surface area (Å²) in [5.41, 5.74) is 0.311. The second-order valence-electron chi connectivity index (χ2n) is 3.52. The van der Waals surface area contributed by atoms with E-state index in [0.717, 1.165) is 8.66 Å². The highest BCUT2D eigenvalue weighted by Gasteiger charge is 2.08. The number of amides is 1. The lowest BCUT2D eigenvalue weighted by Crippen LogP contribution is -2.22. The van der Waals surface area contributed by atoms with Crippen LogP contribution in [0.4, 0.5) is 4.39 Å². The molecule has 0 radical (unpaired) electrons. The van der Waals surface area contributed by atoms with Crippen LogP contribution in [0.1, 0.15) is 15.2 Å². The highest BCUT2D eigenvalue weighted by Crippen LogP contribution is 2.22. The summed E-state index contributed by atoms with van der Waals surface area (Å²) >= 11 is 7.95. The Morgan fingerprint density at radius 3 is 2.67 bits per heavy atom. The molecule has 0 saturated heterocycles. The first-order valence-electron chi connectivity index (χ1n) is 5.04. The minimum atomic E-state index is -0.443. The van der Waals surface area contributed by atoms with Gasteiger partial charge in [-0.1, -0.05) is 0 Å². The standard InChI is InChI=1S/C12H8Br2FNOS/c13-9-3-1-7(5-10(9)15)12(17)16-6-8-2-4-11(14)18-8/h1-5H,6H2,(H,16,17). The fraction of sp³-hybridized carbons (Fsp3) is 0.0833. The molecule has 0 spiro atoms. The van der Waals surface area contributed by atoms with Crippen LogP contribution in [0.2, 0.25) is 0 Å². The van der Waals surface area contributed by atoms with E-state index in [-0.39, 0.29) is 5.91 Å². The molecule has 1 heterocycles. The van der Waals surface area contributed by atoms with E-state index in [0.29, 0.717) is 16.6 Å². The molecule has 0 atom stereocenters. The molecule has 1 aromatic heterocycles. The Morgan fingerprint density at radius 1 is 1.28 bits per heavy atom. The van der Waals surface area contributed by atoms with Gasteiger partial charge in [0, 0.05) is 10.4 Å². The van der Waals surface area contributed by atoms with Crippen LogP contribution in [0.25, 0.3) is 0 Å². The maximum atomic E-state index is 13.3. The number of rotatable bonds is 3. The number of hydrogen-bond acceptors (Lipinski definition) is 2. The maximum Gasteiger partial charge on any atom is 0.251 e. The van der Waals surface area contributed by atoms with Gasteiger partial charge in [0.25, 0.3) is 5.91 Å². The predicted molar refractivity (Wildman–Crippen MR) is 77.3 cm³/mol. The molecule has 2 aromatic rings. The summed E-state index contributed by atoms with van der Waals surface area (Å²) in [6, 6.07) is 8.16. The topological polar surface area (TPSA) is 29.1 Å². The summed E-state index contributed by atoms with van der Waals surface area (Å²) in [4.78, 5) is 12.8. The number of carbonyl (C=O) groups is 1. The largest absolute Gasteiger partial charge is 0.347 e. The molecular weight excluding hydrogens is 385 g/mol. The molecule has 0 saturated carbocycles. The summed E-state index contributed by atoms with van der Waals surface area (Å²) in [6.07, 6.45) is 0. The van der Waals surface area contributed by atoms with E-state index in [2.05, 4.69) is 37.2 Å². The summed E-state index contributed by atoms with van der Waals surface area (Å²) in [5.74, 6) is -0.729. The van der Waals surface area contributed by atoms with E-state index in [4.69, 9.17) is 0 Å². The van der Waals surface area contributed by atoms with Crippen molar-refractivity contribution in [2.24, 2.45) is 0 Å². The van der Waals surface area contributed by atoms with Gasteiger partial charge in [-0.25, -0.2) is 4.39 Å². The third-order valence-electron chi connectivity index (χ3n) is 2.23. The normalized spacial score (nSPS) is 10.4. The molecule has 0 aliphatic heterocycles. The minimum Gasteiger partial charge on any atom is -0.347 e. The van der Waals surface area contributed by atoms with Gasteiger partial charge in [-0.2, -0.15) is 0 Å². The first-order chi connectivity index (χ1) is 8.56. The van der Waals surface area contributed by atoms with Crippen LogP contribution < -0.4 is 5.32 Å². The van der Waals surface area contributed by atoms with E-state index < -0.39 is 5.82 Å². The highest BCUT2D eigenvalue weighted by molar-refractivity contribution is 9.11. The third-order valence-corrected chi connectivity index (χ3v) is 4.50. The molecule has 1 amide bonds. The zero-order chi connectivity index (χ0) is 13.1. The molecule has 94 valence electrons. The predicted octanol–water partition coefficient (Wildman–Crippen LogP) is 4.34. The van der Waals surface area contributed by atoms with Crippen molar-refractivity contribution in [3.05, 3.63) is 54.8 Å². The van der Waals surface area contributed by atoms with Gasteiger partial charge in [0.2, 0.25) is 0 Å². The second kappa shape index (κ2) is 5.95. The van der Waals surface area contributed by atoms with Gasteiger partial charge >= 0.3 is 0 Å². The number of halogens is 3. The Labute approximate surface area is 124 Å². The molecule has 0 aliphatic carbocycles. The smallest absolute Gasteiger partial charge is 0.251 e. The first kappa shape index (κ1) is 13.7. The zero-order valence-electron chi connectivity index (χ0n) is 9.04. The number of thiophene rings is 1. The Balaban J connectivity index is 2.01. The van der Waals surface area contributed by atoms with Crippen molar-refractivity contribution < 1.29 is 9.18 Å². The fourth-order valence-corrected chi connectivity index (χ4v) is 3.02. The Hall–Kier alpha value is -0.720. The van der Waals surface area contributed by atoms with Crippen molar-refractivity contribution in [1.82, 2.24) is 5.32 Å². The number of hydrogen-bond donors (Lipinski definition) is 1. The van der Waals surface area contributed by atoms with Gasteiger partial charge in [0.1, 0.15) is 5.82 Å². The molecule has 2 nitrogen and oxygen atoms in total. The maximum absolute atomic E-state index is 13.3. The number of nitrogens with one attached hydrogen (secondary N) is 1. The van der Waals surface area contributed by atoms with Crippen LogP contribution in [-0.4, -0.2) is 5.91 Å². The molecule has 0 bridgehead atoms. The van der Waals surface area contributed by atoms with E-state index in [9.17, 15) is 9.18 Å². The van der Waals surface area contributed by atoms with E-state index >= 15 is 0 Å². The van der Waals surface area contributed by atoms with Crippen LogP contribution in [0.5, 0.6) is 0 Å². The summed E-state index contributed by atoms with van der Waals surface area (Å²) < 4.78 is 14.6. The van der Waals surface area contributed by atoms with Crippen molar-refractivity contribution in [2.45, 2.75) is 6.54 Å². The fourth-order valence-electron chi connectivity index (χ4n) is 1.35.